The molecule has 120 valence electrons. The molecule has 0 amide bonds. The summed E-state index contributed by atoms with van der Waals surface area (Å²) < 4.78 is 29.8. The molecule has 1 heterocycles. The second kappa shape index (κ2) is 6.12. The standard InChI is InChI=1S/C16H23N3O2S/c1-6-11(2)14-9-7-8-10-15(14)18-22(20,21)16-12(3)17-19(5)13(16)4/h7-11,18H,6H2,1-5H3/t11-/m0/s1. The Labute approximate surface area is 132 Å². The SMILES string of the molecule is CC[C@H](C)c1ccccc1NS(=O)(=O)c1c(C)nn(C)c1C. The number of hydrogen-bond acceptors (Lipinski definition) is 3. The van der Waals surface area contributed by atoms with Crippen LogP contribution in [0.3, 0.4) is 0 Å². The van der Waals surface area contributed by atoms with Crippen molar-refractivity contribution in [3.63, 3.8) is 0 Å². The van der Waals surface area contributed by atoms with Crippen LogP contribution >= 0.6 is 0 Å². The molecule has 0 aliphatic carbocycles. The average molecular weight is 321 g/mol. The molecule has 0 aliphatic heterocycles. The van der Waals surface area contributed by atoms with Crippen LogP contribution in [-0.2, 0) is 17.1 Å². The number of aromatic nitrogens is 2. The van der Waals surface area contributed by atoms with Gasteiger partial charge in [0.05, 0.1) is 17.1 Å². The normalized spacial score (nSPS) is 13.1. The number of nitrogens with one attached hydrogen (secondary N) is 1. The summed E-state index contributed by atoms with van der Waals surface area (Å²) >= 11 is 0. The quantitative estimate of drug-likeness (QED) is 0.918. The number of nitrogens with zero attached hydrogens (tertiary/aromatic N) is 2. The second-order valence-electron chi connectivity index (χ2n) is 5.63. The molecule has 1 N–H and O–H groups in total. The minimum Gasteiger partial charge on any atom is -0.279 e. The topological polar surface area (TPSA) is 64.0 Å². The molecule has 5 nitrogen and oxygen atoms in total. The molecule has 1 aromatic carbocycles. The third-order valence-corrected chi connectivity index (χ3v) is 5.68. The Morgan fingerprint density at radius 3 is 2.45 bits per heavy atom. The zero-order valence-corrected chi connectivity index (χ0v) is 14.5. The van der Waals surface area contributed by atoms with Crippen molar-refractivity contribution in [3.8, 4) is 0 Å². The summed E-state index contributed by atoms with van der Waals surface area (Å²) in [5.41, 5.74) is 2.78. The Morgan fingerprint density at radius 2 is 1.91 bits per heavy atom. The molecule has 1 aromatic heterocycles. The van der Waals surface area contributed by atoms with Crippen LogP contribution in [-0.4, -0.2) is 18.2 Å². The van der Waals surface area contributed by atoms with E-state index in [1.807, 2.05) is 18.2 Å². The minimum absolute atomic E-state index is 0.258. The predicted molar refractivity (Wildman–Crippen MR) is 88.6 cm³/mol. The van der Waals surface area contributed by atoms with E-state index in [1.54, 1.807) is 31.6 Å². The van der Waals surface area contributed by atoms with Gasteiger partial charge in [0, 0.05) is 7.05 Å². The number of anilines is 1. The van der Waals surface area contributed by atoms with Gasteiger partial charge in [-0.3, -0.25) is 9.40 Å². The van der Waals surface area contributed by atoms with Crippen LogP contribution < -0.4 is 4.72 Å². The Hall–Kier alpha value is -1.82. The third kappa shape index (κ3) is 3.02. The third-order valence-electron chi connectivity index (χ3n) is 4.06. The highest BCUT2D eigenvalue weighted by molar-refractivity contribution is 7.92. The fraction of sp³-hybridized carbons (Fsp3) is 0.438. The Morgan fingerprint density at radius 1 is 1.27 bits per heavy atom. The van der Waals surface area contributed by atoms with Gasteiger partial charge in [0.1, 0.15) is 4.90 Å². The van der Waals surface area contributed by atoms with Gasteiger partial charge in [0.25, 0.3) is 10.0 Å². The zero-order chi connectivity index (χ0) is 16.5. The number of para-hydroxylation sites is 1. The maximum Gasteiger partial charge on any atom is 0.265 e. The highest BCUT2D eigenvalue weighted by Gasteiger charge is 2.25. The molecule has 0 radical (unpaired) electrons. The van der Waals surface area contributed by atoms with E-state index >= 15 is 0 Å². The fourth-order valence-corrected chi connectivity index (χ4v) is 4.11. The van der Waals surface area contributed by atoms with Gasteiger partial charge in [-0.25, -0.2) is 8.42 Å². The highest BCUT2D eigenvalue weighted by Crippen LogP contribution is 2.29. The molecule has 0 fully saturated rings. The van der Waals surface area contributed by atoms with Crippen LogP contribution in [0.25, 0.3) is 0 Å². The van der Waals surface area contributed by atoms with Gasteiger partial charge < -0.3 is 0 Å². The van der Waals surface area contributed by atoms with Gasteiger partial charge in [-0.1, -0.05) is 32.0 Å². The lowest BCUT2D eigenvalue weighted by Gasteiger charge is -2.16. The predicted octanol–water partition coefficient (Wildman–Crippen LogP) is 3.35. The van der Waals surface area contributed by atoms with Gasteiger partial charge in [-0.2, -0.15) is 5.10 Å². The molecule has 0 spiro atoms. The Kier molecular flexibility index (Phi) is 4.60. The maximum atomic E-state index is 12.8. The average Bonchev–Trinajstić information content (AvgIpc) is 2.72. The molecule has 6 heteroatoms. The van der Waals surface area contributed by atoms with E-state index in [-0.39, 0.29) is 10.8 Å². The summed E-state index contributed by atoms with van der Waals surface area (Å²) in [6, 6.07) is 7.54. The first kappa shape index (κ1) is 16.5. The van der Waals surface area contributed by atoms with Crippen molar-refractivity contribution in [1.82, 2.24) is 9.78 Å². The Balaban J connectivity index is 2.46. The summed E-state index contributed by atoms with van der Waals surface area (Å²) in [5.74, 6) is 0.287. The first-order chi connectivity index (χ1) is 10.3. The van der Waals surface area contributed by atoms with Crippen molar-refractivity contribution in [3.05, 3.63) is 41.2 Å². The van der Waals surface area contributed by atoms with E-state index in [9.17, 15) is 8.42 Å². The van der Waals surface area contributed by atoms with Gasteiger partial charge >= 0.3 is 0 Å². The van der Waals surface area contributed by atoms with Crippen LogP contribution in [0.5, 0.6) is 0 Å². The van der Waals surface area contributed by atoms with Crippen LogP contribution in [0.4, 0.5) is 5.69 Å². The van der Waals surface area contributed by atoms with Gasteiger partial charge in [-0.15, -0.1) is 0 Å². The zero-order valence-electron chi connectivity index (χ0n) is 13.7. The molecule has 0 bridgehead atoms. The van der Waals surface area contributed by atoms with Crippen LogP contribution in [0.2, 0.25) is 0 Å². The molecular weight excluding hydrogens is 298 g/mol. The lowest BCUT2D eigenvalue weighted by atomic mass is 9.97. The van der Waals surface area contributed by atoms with Crippen molar-refractivity contribution in [1.29, 1.82) is 0 Å². The summed E-state index contributed by atoms with van der Waals surface area (Å²) in [4.78, 5) is 0.258. The van der Waals surface area contributed by atoms with E-state index in [1.165, 1.54) is 0 Å². The molecule has 0 aliphatic rings. The number of sulfonamides is 1. The van der Waals surface area contributed by atoms with Crippen molar-refractivity contribution < 1.29 is 8.42 Å². The molecule has 2 aromatic rings. The molecular formula is C16H23N3O2S. The van der Waals surface area contributed by atoms with Gasteiger partial charge in [-0.05, 0) is 37.8 Å². The van der Waals surface area contributed by atoms with Crippen molar-refractivity contribution in [2.75, 3.05) is 4.72 Å². The van der Waals surface area contributed by atoms with E-state index in [2.05, 4.69) is 23.7 Å². The minimum atomic E-state index is -3.65. The monoisotopic (exact) mass is 321 g/mol. The molecule has 1 atom stereocenters. The lowest BCUT2D eigenvalue weighted by molar-refractivity contribution is 0.599. The fourth-order valence-electron chi connectivity index (χ4n) is 2.58. The van der Waals surface area contributed by atoms with Crippen molar-refractivity contribution >= 4 is 15.7 Å². The second-order valence-corrected chi connectivity index (χ2v) is 7.24. The number of rotatable bonds is 5. The smallest absolute Gasteiger partial charge is 0.265 e. The number of aryl methyl sites for hydroxylation is 2. The highest BCUT2D eigenvalue weighted by atomic mass is 32.2. The van der Waals surface area contributed by atoms with E-state index in [0.29, 0.717) is 17.1 Å². The summed E-state index contributed by atoms with van der Waals surface area (Å²) in [5, 5.41) is 4.19. The van der Waals surface area contributed by atoms with Gasteiger partial charge in [0.15, 0.2) is 0 Å². The lowest BCUT2D eigenvalue weighted by Crippen LogP contribution is -2.16. The summed E-state index contributed by atoms with van der Waals surface area (Å²) in [7, 11) is -1.91. The Bertz CT molecular complexity index is 779. The first-order valence-corrected chi connectivity index (χ1v) is 8.88. The number of benzene rings is 1. The van der Waals surface area contributed by atoms with Crippen LogP contribution in [0.1, 0.15) is 43.1 Å². The first-order valence-electron chi connectivity index (χ1n) is 7.39. The largest absolute Gasteiger partial charge is 0.279 e. The summed E-state index contributed by atoms with van der Waals surface area (Å²) in [6.07, 6.45) is 0.948. The van der Waals surface area contributed by atoms with Crippen molar-refractivity contribution in [2.24, 2.45) is 7.05 Å². The molecule has 22 heavy (non-hydrogen) atoms. The van der Waals surface area contributed by atoms with Crippen molar-refractivity contribution in [2.45, 2.75) is 44.9 Å². The maximum absolute atomic E-state index is 12.8. The van der Waals surface area contributed by atoms with E-state index in [0.717, 1.165) is 12.0 Å². The van der Waals surface area contributed by atoms with Crippen LogP contribution in [0.15, 0.2) is 29.2 Å². The van der Waals surface area contributed by atoms with E-state index < -0.39 is 10.0 Å². The molecule has 0 saturated carbocycles. The van der Waals surface area contributed by atoms with Gasteiger partial charge in [0.2, 0.25) is 0 Å². The molecule has 0 saturated heterocycles. The molecule has 0 unspecified atom stereocenters. The van der Waals surface area contributed by atoms with Crippen LogP contribution in [0, 0.1) is 13.8 Å². The summed E-state index contributed by atoms with van der Waals surface area (Å²) in [6.45, 7) is 7.65. The molecule has 2 rings (SSSR count). The van der Waals surface area contributed by atoms with E-state index in [4.69, 9.17) is 0 Å². The number of hydrogen-bond donors (Lipinski definition) is 1.